The maximum Gasteiger partial charge on any atom is 0.307 e. The van der Waals surface area contributed by atoms with Crippen LogP contribution in [0.15, 0.2) is 0 Å². The van der Waals surface area contributed by atoms with Gasteiger partial charge in [0, 0.05) is 12.1 Å². The highest BCUT2D eigenvalue weighted by molar-refractivity contribution is 5.88. The average Bonchev–Trinajstić information content (AvgIpc) is 3.28. The van der Waals surface area contributed by atoms with Gasteiger partial charge in [-0.25, -0.2) is 0 Å². The van der Waals surface area contributed by atoms with Gasteiger partial charge in [0.15, 0.2) is 0 Å². The van der Waals surface area contributed by atoms with Crippen molar-refractivity contribution in [1.29, 1.82) is 0 Å². The number of rotatable bonds is 4. The molecule has 4 aliphatic rings. The number of carbonyl (C=O) groups is 2. The fourth-order valence-corrected chi connectivity index (χ4v) is 6.01. The highest BCUT2D eigenvalue weighted by Crippen LogP contribution is 2.45. The van der Waals surface area contributed by atoms with Gasteiger partial charge in [-0.1, -0.05) is 25.7 Å². The summed E-state index contributed by atoms with van der Waals surface area (Å²) < 4.78 is 5.67. The Balaban J connectivity index is 1.43. The Hall–Kier alpha value is -1.10. The second-order valence-electron chi connectivity index (χ2n) is 9.05. The normalized spacial score (nSPS) is 31.1. The van der Waals surface area contributed by atoms with Crippen molar-refractivity contribution in [3.8, 4) is 0 Å². The van der Waals surface area contributed by atoms with Crippen LogP contribution in [0.5, 0.6) is 0 Å². The quantitative estimate of drug-likeness (QED) is 0.781. The zero-order valence-electron chi connectivity index (χ0n) is 16.1. The summed E-state index contributed by atoms with van der Waals surface area (Å²) in [5, 5.41) is 3.29. The molecule has 4 fully saturated rings. The summed E-state index contributed by atoms with van der Waals surface area (Å²) in [5.74, 6) is -0.408. The predicted octanol–water partition coefficient (Wildman–Crippen LogP) is 3.17. The van der Waals surface area contributed by atoms with Crippen LogP contribution in [-0.4, -0.2) is 47.6 Å². The van der Waals surface area contributed by atoms with E-state index in [2.05, 4.69) is 10.2 Å². The van der Waals surface area contributed by atoms with Crippen molar-refractivity contribution in [3.05, 3.63) is 0 Å². The molecule has 2 saturated carbocycles. The van der Waals surface area contributed by atoms with Gasteiger partial charge in [-0.05, 0) is 64.5 Å². The van der Waals surface area contributed by atoms with Crippen molar-refractivity contribution in [2.24, 2.45) is 5.92 Å². The van der Waals surface area contributed by atoms with Gasteiger partial charge in [0.1, 0.15) is 5.60 Å². The number of hydrogen-bond acceptors (Lipinski definition) is 4. The number of hydrogen-bond donors (Lipinski definition) is 1. The SMILES string of the molecule is O=C1CC(C(=O)NCC2(N3CCCCC3)CCCCC2)C2(CCCC2)O1. The van der Waals surface area contributed by atoms with Crippen LogP contribution in [0, 0.1) is 5.92 Å². The number of likely N-dealkylation sites (tertiary alicyclic amines) is 1. The standard InChI is InChI=1S/C21H34N2O3/c24-18-15-17(21(26-18)11-5-6-12-21)19(25)22-16-20(9-3-1-4-10-20)23-13-7-2-8-14-23/h17H,1-16H2,(H,22,25). The van der Waals surface area contributed by atoms with Crippen LogP contribution in [0.3, 0.4) is 0 Å². The number of nitrogens with zero attached hydrogens (tertiary/aromatic N) is 1. The molecule has 1 unspecified atom stereocenters. The number of piperidine rings is 1. The molecule has 1 N–H and O–H groups in total. The van der Waals surface area contributed by atoms with E-state index in [-0.39, 0.29) is 29.8 Å². The molecule has 0 aromatic carbocycles. The van der Waals surface area contributed by atoms with E-state index in [1.54, 1.807) is 0 Å². The molecule has 2 heterocycles. The summed E-state index contributed by atoms with van der Waals surface area (Å²) in [5.41, 5.74) is -0.355. The second-order valence-corrected chi connectivity index (χ2v) is 9.05. The van der Waals surface area contributed by atoms with Gasteiger partial charge in [-0.3, -0.25) is 14.5 Å². The van der Waals surface area contributed by atoms with Crippen LogP contribution < -0.4 is 5.32 Å². The molecule has 1 atom stereocenters. The van der Waals surface area contributed by atoms with E-state index in [9.17, 15) is 9.59 Å². The lowest BCUT2D eigenvalue weighted by Crippen LogP contribution is -2.59. The molecular formula is C21H34N2O3. The Morgan fingerprint density at radius 3 is 2.27 bits per heavy atom. The first-order valence-electron chi connectivity index (χ1n) is 10.9. The van der Waals surface area contributed by atoms with Crippen LogP contribution in [0.4, 0.5) is 0 Å². The Bertz CT molecular complexity index is 529. The van der Waals surface area contributed by atoms with Gasteiger partial charge in [-0.15, -0.1) is 0 Å². The molecule has 26 heavy (non-hydrogen) atoms. The summed E-state index contributed by atoms with van der Waals surface area (Å²) in [6.45, 7) is 3.09. The first kappa shape index (κ1) is 18.3. The Morgan fingerprint density at radius 1 is 0.962 bits per heavy atom. The van der Waals surface area contributed by atoms with Gasteiger partial charge < -0.3 is 10.1 Å². The number of esters is 1. The molecule has 146 valence electrons. The molecule has 1 amide bonds. The molecule has 5 heteroatoms. The third-order valence-electron chi connectivity index (χ3n) is 7.49. The predicted molar refractivity (Wildman–Crippen MR) is 99.6 cm³/mol. The maximum absolute atomic E-state index is 13.1. The van der Waals surface area contributed by atoms with Crippen molar-refractivity contribution in [3.63, 3.8) is 0 Å². The van der Waals surface area contributed by atoms with Crippen molar-refractivity contribution < 1.29 is 14.3 Å². The number of nitrogens with one attached hydrogen (secondary N) is 1. The monoisotopic (exact) mass is 362 g/mol. The number of ether oxygens (including phenoxy) is 1. The second kappa shape index (κ2) is 7.49. The Morgan fingerprint density at radius 2 is 1.58 bits per heavy atom. The van der Waals surface area contributed by atoms with E-state index < -0.39 is 5.60 Å². The van der Waals surface area contributed by atoms with E-state index in [1.807, 2.05) is 0 Å². The molecular weight excluding hydrogens is 328 g/mol. The molecule has 5 nitrogen and oxygen atoms in total. The largest absolute Gasteiger partial charge is 0.458 e. The summed E-state index contributed by atoms with van der Waals surface area (Å²) in [7, 11) is 0. The first-order valence-corrected chi connectivity index (χ1v) is 10.9. The Labute approximate surface area is 157 Å². The average molecular weight is 363 g/mol. The number of carbonyl (C=O) groups excluding carboxylic acids is 2. The zero-order valence-corrected chi connectivity index (χ0v) is 16.1. The van der Waals surface area contributed by atoms with E-state index in [0.29, 0.717) is 0 Å². The summed E-state index contributed by atoms with van der Waals surface area (Å²) in [6.07, 6.45) is 14.2. The topological polar surface area (TPSA) is 58.6 Å². The van der Waals surface area contributed by atoms with Crippen molar-refractivity contribution in [1.82, 2.24) is 10.2 Å². The Kier molecular flexibility index (Phi) is 5.27. The lowest BCUT2D eigenvalue weighted by Gasteiger charge is -2.48. The van der Waals surface area contributed by atoms with Crippen molar-refractivity contribution in [2.75, 3.05) is 19.6 Å². The first-order chi connectivity index (χ1) is 12.6. The fourth-order valence-electron chi connectivity index (χ4n) is 6.01. The van der Waals surface area contributed by atoms with E-state index in [0.717, 1.165) is 32.2 Å². The lowest BCUT2D eigenvalue weighted by atomic mass is 9.78. The van der Waals surface area contributed by atoms with Gasteiger partial charge in [0.2, 0.25) is 5.91 Å². The molecule has 0 aromatic rings. The molecule has 0 bridgehead atoms. The zero-order chi connectivity index (χ0) is 18.0. The highest BCUT2D eigenvalue weighted by atomic mass is 16.6. The third kappa shape index (κ3) is 3.39. The lowest BCUT2D eigenvalue weighted by molar-refractivity contribution is -0.150. The van der Waals surface area contributed by atoms with Crippen LogP contribution >= 0.6 is 0 Å². The smallest absolute Gasteiger partial charge is 0.307 e. The maximum atomic E-state index is 13.1. The van der Waals surface area contributed by atoms with Crippen molar-refractivity contribution in [2.45, 2.75) is 94.6 Å². The summed E-state index contributed by atoms with van der Waals surface area (Å²) >= 11 is 0. The minimum Gasteiger partial charge on any atom is -0.458 e. The van der Waals surface area contributed by atoms with Gasteiger partial charge in [0.25, 0.3) is 0 Å². The third-order valence-corrected chi connectivity index (χ3v) is 7.49. The van der Waals surface area contributed by atoms with Crippen LogP contribution in [0.1, 0.15) is 83.5 Å². The molecule has 4 rings (SSSR count). The molecule has 0 radical (unpaired) electrons. The van der Waals surface area contributed by atoms with E-state index >= 15 is 0 Å². The van der Waals surface area contributed by atoms with Crippen LogP contribution in [-0.2, 0) is 14.3 Å². The minimum absolute atomic E-state index is 0.0553. The minimum atomic E-state index is -0.494. The molecule has 2 aliphatic carbocycles. The molecule has 1 spiro atoms. The number of amides is 1. The fraction of sp³-hybridized carbons (Fsp3) is 0.905. The summed E-state index contributed by atoms with van der Waals surface area (Å²) in [4.78, 5) is 27.6. The molecule has 2 aliphatic heterocycles. The summed E-state index contributed by atoms with van der Waals surface area (Å²) in [6, 6.07) is 0. The highest BCUT2D eigenvalue weighted by Gasteiger charge is 2.54. The van der Waals surface area contributed by atoms with Crippen LogP contribution in [0.2, 0.25) is 0 Å². The van der Waals surface area contributed by atoms with Crippen LogP contribution in [0.25, 0.3) is 0 Å². The van der Waals surface area contributed by atoms with Gasteiger partial charge in [-0.2, -0.15) is 0 Å². The van der Waals surface area contributed by atoms with E-state index in [1.165, 1.54) is 64.5 Å². The molecule has 2 saturated heterocycles. The van der Waals surface area contributed by atoms with E-state index in [4.69, 9.17) is 4.74 Å². The van der Waals surface area contributed by atoms with Gasteiger partial charge >= 0.3 is 5.97 Å². The van der Waals surface area contributed by atoms with Gasteiger partial charge in [0.05, 0.1) is 12.3 Å². The molecule has 0 aromatic heterocycles. The van der Waals surface area contributed by atoms with Crippen molar-refractivity contribution >= 4 is 11.9 Å².